The van der Waals surface area contributed by atoms with Gasteiger partial charge in [0.05, 0.1) is 11.3 Å². The summed E-state index contributed by atoms with van der Waals surface area (Å²) in [5.41, 5.74) is 4.72. The van der Waals surface area contributed by atoms with E-state index < -0.39 is 24.0 Å². The first-order valence-electron chi connectivity index (χ1n) is 11.5. The van der Waals surface area contributed by atoms with Crippen LogP contribution in [0.3, 0.4) is 0 Å². The molecule has 180 valence electrons. The second-order valence-corrected chi connectivity index (χ2v) is 8.91. The fourth-order valence-electron chi connectivity index (χ4n) is 4.55. The molecule has 2 N–H and O–H groups in total. The van der Waals surface area contributed by atoms with Gasteiger partial charge in [0, 0.05) is 13.0 Å². The zero-order valence-corrected chi connectivity index (χ0v) is 19.9. The fraction of sp³-hybridized carbons (Fsp3) is 0.250. The number of carboxylic acid groups (broad SMARTS) is 1. The molecule has 0 aromatic heterocycles. The summed E-state index contributed by atoms with van der Waals surface area (Å²) in [6, 6.07) is 21.5. The number of ether oxygens (including phenoxy) is 1. The third kappa shape index (κ3) is 4.75. The van der Waals surface area contributed by atoms with Gasteiger partial charge in [-0.2, -0.15) is 0 Å². The van der Waals surface area contributed by atoms with Crippen LogP contribution in [0, 0.1) is 5.92 Å². The predicted octanol–water partition coefficient (Wildman–Crippen LogP) is 4.91. The second kappa shape index (κ2) is 10.0. The molecule has 0 saturated carbocycles. The van der Waals surface area contributed by atoms with Crippen LogP contribution in [0.15, 0.2) is 72.8 Å². The normalized spacial score (nSPS) is 13.0. The van der Waals surface area contributed by atoms with Crippen LogP contribution in [0.25, 0.3) is 11.1 Å². The number of para-hydroxylation sites is 1. The van der Waals surface area contributed by atoms with E-state index in [2.05, 4.69) is 17.4 Å². The number of carbonyl (C=O) groups is 3. The van der Waals surface area contributed by atoms with E-state index in [1.165, 1.54) is 18.0 Å². The molecular weight excluding hydrogens is 444 g/mol. The molecule has 0 bridgehead atoms. The average Bonchev–Trinajstić information content (AvgIpc) is 3.18. The Labute approximate surface area is 204 Å². The van der Waals surface area contributed by atoms with Crippen molar-refractivity contribution < 1.29 is 24.2 Å². The van der Waals surface area contributed by atoms with Gasteiger partial charge in [-0.15, -0.1) is 0 Å². The van der Waals surface area contributed by atoms with Gasteiger partial charge in [-0.05, 0) is 40.3 Å². The Balaban J connectivity index is 1.47. The maximum Gasteiger partial charge on any atom is 0.407 e. The molecule has 2 amide bonds. The smallest absolute Gasteiger partial charge is 0.407 e. The van der Waals surface area contributed by atoms with Crippen LogP contribution in [0.5, 0.6) is 0 Å². The zero-order valence-electron chi connectivity index (χ0n) is 19.9. The molecule has 0 heterocycles. The summed E-state index contributed by atoms with van der Waals surface area (Å²) < 4.78 is 5.60. The van der Waals surface area contributed by atoms with Gasteiger partial charge in [-0.25, -0.2) is 9.59 Å². The second-order valence-electron chi connectivity index (χ2n) is 8.91. The highest BCUT2D eigenvalue weighted by Crippen LogP contribution is 2.44. The van der Waals surface area contributed by atoms with Crippen LogP contribution >= 0.6 is 0 Å². The van der Waals surface area contributed by atoms with Crippen molar-refractivity contribution in [3.8, 4) is 11.1 Å². The first kappa shape index (κ1) is 24.0. The number of rotatable bonds is 7. The summed E-state index contributed by atoms with van der Waals surface area (Å²) in [6.45, 7) is 3.75. The minimum Gasteiger partial charge on any atom is -0.478 e. The van der Waals surface area contributed by atoms with Crippen LogP contribution in [0.4, 0.5) is 10.5 Å². The van der Waals surface area contributed by atoms with Crippen molar-refractivity contribution in [3.63, 3.8) is 0 Å². The third-order valence-electron chi connectivity index (χ3n) is 6.38. The molecule has 3 aromatic rings. The van der Waals surface area contributed by atoms with Crippen LogP contribution in [-0.2, 0) is 9.53 Å². The number of amides is 2. The summed E-state index contributed by atoms with van der Waals surface area (Å²) in [5, 5.41) is 12.2. The number of nitrogens with one attached hydrogen (secondary N) is 1. The highest BCUT2D eigenvalue weighted by Gasteiger charge is 2.32. The fourth-order valence-corrected chi connectivity index (χ4v) is 4.55. The van der Waals surface area contributed by atoms with Crippen LogP contribution in [0.1, 0.15) is 41.3 Å². The molecule has 7 nitrogen and oxygen atoms in total. The van der Waals surface area contributed by atoms with E-state index in [1.54, 1.807) is 18.2 Å². The van der Waals surface area contributed by atoms with E-state index >= 15 is 0 Å². The van der Waals surface area contributed by atoms with Gasteiger partial charge < -0.3 is 20.1 Å². The molecule has 0 radical (unpaired) electrons. The Morgan fingerprint density at radius 1 is 0.914 bits per heavy atom. The highest BCUT2D eigenvalue weighted by molar-refractivity contribution is 6.04. The molecular formula is C28H28N2O5. The van der Waals surface area contributed by atoms with Crippen molar-refractivity contribution in [2.45, 2.75) is 25.8 Å². The quantitative estimate of drug-likeness (QED) is 0.509. The number of benzene rings is 3. The molecule has 0 unspecified atom stereocenters. The largest absolute Gasteiger partial charge is 0.478 e. The molecule has 35 heavy (non-hydrogen) atoms. The molecule has 0 fully saturated rings. The number of carboxylic acids is 1. The molecule has 1 aliphatic carbocycles. The summed E-state index contributed by atoms with van der Waals surface area (Å²) in [7, 11) is 1.50. The lowest BCUT2D eigenvalue weighted by Crippen LogP contribution is -2.50. The monoisotopic (exact) mass is 472 g/mol. The molecule has 4 rings (SSSR count). The number of nitrogens with zero attached hydrogens (tertiary/aromatic N) is 1. The van der Waals surface area contributed by atoms with Gasteiger partial charge in [-0.3, -0.25) is 4.79 Å². The maximum absolute atomic E-state index is 13.2. The topological polar surface area (TPSA) is 95.9 Å². The number of carbonyl (C=O) groups excluding carboxylic acids is 2. The van der Waals surface area contributed by atoms with Crippen LogP contribution in [0.2, 0.25) is 0 Å². The van der Waals surface area contributed by atoms with Crippen molar-refractivity contribution >= 4 is 23.7 Å². The van der Waals surface area contributed by atoms with Gasteiger partial charge in [-0.1, -0.05) is 74.5 Å². The molecule has 0 saturated heterocycles. The SMILES string of the molecule is CC(C)[C@H](NC(=O)OCC1c2ccccc2-c2ccccc21)C(=O)N(C)c1ccccc1C(=O)O. The summed E-state index contributed by atoms with van der Waals surface area (Å²) >= 11 is 0. The molecule has 1 aliphatic rings. The van der Waals surface area contributed by atoms with Crippen LogP contribution < -0.4 is 10.2 Å². The van der Waals surface area contributed by atoms with E-state index in [4.69, 9.17) is 4.74 Å². The summed E-state index contributed by atoms with van der Waals surface area (Å²) in [5.74, 6) is -1.90. The van der Waals surface area contributed by atoms with E-state index in [9.17, 15) is 19.5 Å². The number of alkyl carbamates (subject to hydrolysis) is 1. The molecule has 0 spiro atoms. The van der Waals surface area contributed by atoms with Gasteiger partial charge >= 0.3 is 12.1 Å². The third-order valence-corrected chi connectivity index (χ3v) is 6.38. The Morgan fingerprint density at radius 3 is 2.03 bits per heavy atom. The average molecular weight is 473 g/mol. The van der Waals surface area contributed by atoms with Gasteiger partial charge in [0.2, 0.25) is 5.91 Å². The minimum atomic E-state index is -1.13. The van der Waals surface area contributed by atoms with E-state index in [0.717, 1.165) is 22.3 Å². The van der Waals surface area contributed by atoms with Crippen molar-refractivity contribution in [2.75, 3.05) is 18.6 Å². The number of fused-ring (bicyclic) bond motifs is 3. The Morgan fingerprint density at radius 2 is 1.46 bits per heavy atom. The molecule has 1 atom stereocenters. The highest BCUT2D eigenvalue weighted by atomic mass is 16.5. The lowest BCUT2D eigenvalue weighted by molar-refractivity contribution is -0.121. The number of anilines is 1. The molecule has 3 aromatic carbocycles. The van der Waals surface area contributed by atoms with Gasteiger partial charge in [0.15, 0.2) is 0 Å². The van der Waals surface area contributed by atoms with Gasteiger partial charge in [0.25, 0.3) is 0 Å². The van der Waals surface area contributed by atoms with Crippen molar-refractivity contribution in [2.24, 2.45) is 5.92 Å². The van der Waals surface area contributed by atoms with E-state index in [0.29, 0.717) is 0 Å². The molecule has 0 aliphatic heterocycles. The number of aromatic carboxylic acids is 1. The van der Waals surface area contributed by atoms with Crippen molar-refractivity contribution in [1.29, 1.82) is 0 Å². The molecule has 7 heteroatoms. The van der Waals surface area contributed by atoms with Crippen molar-refractivity contribution in [1.82, 2.24) is 5.32 Å². The standard InChI is InChI=1S/C28H28N2O5/c1-17(2)25(26(31)30(3)24-15-9-8-14-22(24)27(32)33)29-28(34)35-16-23-20-12-6-4-10-18(20)19-11-5-7-13-21(19)23/h4-15,17,23,25H,16H2,1-3H3,(H,29,34)(H,32,33)/t25-/m0/s1. The number of hydrogen-bond acceptors (Lipinski definition) is 4. The Kier molecular flexibility index (Phi) is 6.87. The lowest BCUT2D eigenvalue weighted by atomic mass is 9.98. The Hall–Kier alpha value is -4.13. The predicted molar refractivity (Wildman–Crippen MR) is 134 cm³/mol. The van der Waals surface area contributed by atoms with E-state index in [-0.39, 0.29) is 29.7 Å². The maximum atomic E-state index is 13.2. The first-order valence-corrected chi connectivity index (χ1v) is 11.5. The lowest BCUT2D eigenvalue weighted by Gasteiger charge is -2.28. The first-order chi connectivity index (χ1) is 16.8. The summed E-state index contributed by atoms with van der Waals surface area (Å²) in [6.07, 6.45) is -0.696. The van der Waals surface area contributed by atoms with Crippen LogP contribution in [-0.4, -0.2) is 42.8 Å². The Bertz CT molecular complexity index is 1220. The van der Waals surface area contributed by atoms with E-state index in [1.807, 2.05) is 50.2 Å². The number of hydrogen-bond donors (Lipinski definition) is 2. The van der Waals surface area contributed by atoms with Crippen molar-refractivity contribution in [3.05, 3.63) is 89.5 Å². The number of likely N-dealkylation sites (N-methyl/N-ethyl adjacent to an activating group) is 1. The van der Waals surface area contributed by atoms with Gasteiger partial charge in [0.1, 0.15) is 12.6 Å². The minimum absolute atomic E-state index is 0.00648. The summed E-state index contributed by atoms with van der Waals surface area (Å²) in [4.78, 5) is 38.9. The zero-order chi connectivity index (χ0) is 25.1.